The number of hydrogen-bond acceptors (Lipinski definition) is 4. The fourth-order valence-electron chi connectivity index (χ4n) is 1.69. The first-order chi connectivity index (χ1) is 9.19. The first-order valence-electron chi connectivity index (χ1n) is 6.12. The third-order valence-corrected chi connectivity index (χ3v) is 4.06. The number of benzene rings is 1. The fraction of sp³-hybridized carbons (Fsp3) is 0.462. The molecule has 20 heavy (non-hydrogen) atoms. The van der Waals surface area contributed by atoms with E-state index in [1.54, 1.807) is 19.2 Å². The quantitative estimate of drug-likeness (QED) is 0.850. The van der Waals surface area contributed by atoms with E-state index in [1.165, 1.54) is 4.90 Å². The summed E-state index contributed by atoms with van der Waals surface area (Å²) in [5.74, 6) is -0.363. The van der Waals surface area contributed by atoms with Crippen molar-refractivity contribution in [2.75, 3.05) is 19.1 Å². The maximum absolute atomic E-state index is 12.0. The van der Waals surface area contributed by atoms with Crippen LogP contribution in [0.3, 0.4) is 0 Å². The number of carbonyl (C=O) groups excluding carboxylic acids is 1. The van der Waals surface area contributed by atoms with Crippen molar-refractivity contribution < 1.29 is 13.2 Å². The highest BCUT2D eigenvalue weighted by Crippen LogP contribution is 2.11. The van der Waals surface area contributed by atoms with Crippen molar-refractivity contribution >= 4 is 27.3 Å². The van der Waals surface area contributed by atoms with Crippen molar-refractivity contribution in [3.63, 3.8) is 0 Å². The average Bonchev–Trinajstić information content (AvgIpc) is 2.36. The molecule has 1 aromatic rings. The molecule has 0 aliphatic carbocycles. The van der Waals surface area contributed by atoms with Crippen LogP contribution >= 0.6 is 11.6 Å². The van der Waals surface area contributed by atoms with Crippen molar-refractivity contribution in [1.29, 1.82) is 0 Å². The van der Waals surface area contributed by atoms with E-state index >= 15 is 0 Å². The topological polar surface area (TPSA) is 80.5 Å². The Balaban J connectivity index is 2.55. The van der Waals surface area contributed by atoms with Gasteiger partial charge in [0.2, 0.25) is 5.91 Å². The molecule has 0 heterocycles. The number of halogens is 1. The van der Waals surface area contributed by atoms with Gasteiger partial charge in [0.1, 0.15) is 9.84 Å². The molecule has 1 rings (SSSR count). The molecule has 0 aromatic heterocycles. The third kappa shape index (κ3) is 5.90. The molecule has 5 nitrogen and oxygen atoms in total. The van der Waals surface area contributed by atoms with Gasteiger partial charge in [-0.1, -0.05) is 23.7 Å². The molecular formula is C13H19ClN2O3S. The summed E-state index contributed by atoms with van der Waals surface area (Å²) in [6.45, 7) is 0.405. The molecule has 0 saturated heterocycles. The second-order valence-corrected chi connectivity index (χ2v) is 7.54. The van der Waals surface area contributed by atoms with E-state index in [1.807, 2.05) is 12.1 Å². The lowest BCUT2D eigenvalue weighted by atomic mass is 10.2. The number of hydrogen-bond donors (Lipinski definition) is 1. The molecule has 1 amide bonds. The number of sulfone groups is 1. The Kier molecular flexibility index (Phi) is 5.98. The number of nitrogens with two attached hydrogens (primary N) is 1. The number of rotatable bonds is 6. The molecule has 1 unspecified atom stereocenters. The van der Waals surface area contributed by atoms with Crippen LogP contribution in [0.25, 0.3) is 0 Å². The van der Waals surface area contributed by atoms with E-state index in [0.29, 0.717) is 11.6 Å². The molecule has 0 aliphatic heterocycles. The lowest BCUT2D eigenvalue weighted by molar-refractivity contribution is -0.131. The summed E-state index contributed by atoms with van der Waals surface area (Å²) in [5.41, 5.74) is 6.66. The number of amides is 1. The van der Waals surface area contributed by atoms with Crippen molar-refractivity contribution in [2.45, 2.75) is 19.0 Å². The van der Waals surface area contributed by atoms with Crippen LogP contribution in [-0.2, 0) is 21.2 Å². The van der Waals surface area contributed by atoms with Crippen LogP contribution < -0.4 is 5.73 Å². The first-order valence-corrected chi connectivity index (χ1v) is 8.55. The Bertz CT molecular complexity index is 557. The molecule has 1 aromatic carbocycles. The van der Waals surface area contributed by atoms with Crippen molar-refractivity contribution in [1.82, 2.24) is 4.90 Å². The van der Waals surface area contributed by atoms with Gasteiger partial charge in [-0.2, -0.15) is 0 Å². The molecule has 0 radical (unpaired) electrons. The normalized spacial score (nSPS) is 13.0. The molecule has 112 valence electrons. The predicted octanol–water partition coefficient (Wildman–Crippen LogP) is 1.06. The molecule has 0 bridgehead atoms. The first kappa shape index (κ1) is 16.9. The summed E-state index contributed by atoms with van der Waals surface area (Å²) in [4.78, 5) is 13.5. The minimum Gasteiger partial charge on any atom is -0.340 e. The van der Waals surface area contributed by atoms with Gasteiger partial charge in [-0.15, -0.1) is 0 Å². The summed E-state index contributed by atoms with van der Waals surface area (Å²) in [7, 11) is -1.47. The zero-order chi connectivity index (χ0) is 15.3. The van der Waals surface area contributed by atoms with E-state index in [-0.39, 0.29) is 18.1 Å². The number of likely N-dealkylation sites (N-methyl/N-ethyl adjacent to an activating group) is 1. The Labute approximate surface area is 124 Å². The zero-order valence-corrected chi connectivity index (χ0v) is 13.1. The molecular weight excluding hydrogens is 300 g/mol. The van der Waals surface area contributed by atoms with E-state index in [2.05, 4.69) is 0 Å². The van der Waals surface area contributed by atoms with Crippen molar-refractivity contribution in [3.8, 4) is 0 Å². The van der Waals surface area contributed by atoms with Gasteiger partial charge < -0.3 is 10.6 Å². The van der Waals surface area contributed by atoms with E-state index in [0.717, 1.165) is 11.8 Å². The molecule has 0 aliphatic rings. The van der Waals surface area contributed by atoms with Crippen molar-refractivity contribution in [2.24, 2.45) is 5.73 Å². The van der Waals surface area contributed by atoms with Crippen LogP contribution in [0.2, 0.25) is 5.02 Å². The van der Waals surface area contributed by atoms with Crippen LogP contribution in [0, 0.1) is 0 Å². The lowest BCUT2D eigenvalue weighted by Crippen LogP contribution is -2.42. The Morgan fingerprint density at radius 3 is 2.40 bits per heavy atom. The fourth-order valence-corrected chi connectivity index (χ4v) is 2.50. The average molecular weight is 319 g/mol. The summed E-state index contributed by atoms with van der Waals surface area (Å²) in [5, 5.41) is 0.632. The Morgan fingerprint density at radius 1 is 1.35 bits per heavy atom. The van der Waals surface area contributed by atoms with E-state index < -0.39 is 15.9 Å². The van der Waals surface area contributed by atoms with Gasteiger partial charge in [0.25, 0.3) is 0 Å². The highest BCUT2D eigenvalue weighted by molar-refractivity contribution is 7.90. The van der Waals surface area contributed by atoms with Crippen LogP contribution in [0.4, 0.5) is 0 Å². The van der Waals surface area contributed by atoms with Crippen LogP contribution in [0.5, 0.6) is 0 Å². The van der Waals surface area contributed by atoms with Gasteiger partial charge in [0.15, 0.2) is 0 Å². The zero-order valence-electron chi connectivity index (χ0n) is 11.5. The molecule has 1 atom stereocenters. The number of nitrogens with zero attached hydrogens (tertiary/aromatic N) is 1. The Hall–Kier alpha value is -1.11. The molecule has 0 saturated carbocycles. The predicted molar refractivity (Wildman–Crippen MR) is 80.2 cm³/mol. The van der Waals surface area contributed by atoms with Crippen LogP contribution in [0.1, 0.15) is 12.0 Å². The van der Waals surface area contributed by atoms with Gasteiger partial charge in [-0.05, 0) is 24.1 Å². The second kappa shape index (κ2) is 7.06. The monoisotopic (exact) mass is 318 g/mol. The number of carbonyl (C=O) groups is 1. The largest absolute Gasteiger partial charge is 0.340 e. The molecule has 2 N–H and O–H groups in total. The van der Waals surface area contributed by atoms with Gasteiger partial charge in [-0.25, -0.2) is 8.42 Å². The SMILES string of the molecule is CN(Cc1ccc(Cl)cc1)C(=O)C(N)CCS(C)(=O)=O. The maximum Gasteiger partial charge on any atom is 0.239 e. The Morgan fingerprint density at radius 2 is 1.90 bits per heavy atom. The van der Waals surface area contributed by atoms with Gasteiger partial charge in [-0.3, -0.25) is 4.79 Å². The third-order valence-electron chi connectivity index (χ3n) is 2.83. The molecule has 7 heteroatoms. The minimum absolute atomic E-state index is 0.0886. The highest BCUT2D eigenvalue weighted by atomic mass is 35.5. The maximum atomic E-state index is 12.0. The van der Waals surface area contributed by atoms with Crippen molar-refractivity contribution in [3.05, 3.63) is 34.9 Å². The van der Waals surface area contributed by atoms with Crippen LogP contribution in [-0.4, -0.2) is 44.3 Å². The van der Waals surface area contributed by atoms with Gasteiger partial charge in [0, 0.05) is 24.9 Å². The standard InChI is InChI=1S/C13H19ClN2O3S/c1-16(9-10-3-5-11(14)6-4-10)13(17)12(15)7-8-20(2,18)19/h3-6,12H,7-9,15H2,1-2H3. The van der Waals surface area contributed by atoms with Crippen LogP contribution in [0.15, 0.2) is 24.3 Å². The summed E-state index contributed by atoms with van der Waals surface area (Å²) in [6.07, 6.45) is 1.25. The summed E-state index contributed by atoms with van der Waals surface area (Å²) in [6, 6.07) is 6.35. The summed E-state index contributed by atoms with van der Waals surface area (Å²) < 4.78 is 22.1. The second-order valence-electron chi connectivity index (χ2n) is 4.85. The van der Waals surface area contributed by atoms with Gasteiger partial charge in [0.05, 0.1) is 11.8 Å². The lowest BCUT2D eigenvalue weighted by Gasteiger charge is -2.21. The van der Waals surface area contributed by atoms with E-state index in [4.69, 9.17) is 17.3 Å². The molecule has 0 spiro atoms. The highest BCUT2D eigenvalue weighted by Gasteiger charge is 2.19. The van der Waals surface area contributed by atoms with Gasteiger partial charge >= 0.3 is 0 Å². The minimum atomic E-state index is -3.11. The summed E-state index contributed by atoms with van der Waals surface area (Å²) >= 11 is 5.79. The van der Waals surface area contributed by atoms with E-state index in [9.17, 15) is 13.2 Å². The molecule has 0 fully saturated rings. The smallest absolute Gasteiger partial charge is 0.239 e.